The van der Waals surface area contributed by atoms with Gasteiger partial charge in [-0.1, -0.05) is 49.6 Å². The molecule has 96 valence electrons. The highest BCUT2D eigenvalue weighted by Crippen LogP contribution is 2.09. The van der Waals surface area contributed by atoms with Crippen molar-refractivity contribution in [2.45, 2.75) is 45.1 Å². The molecule has 2 aromatic rings. The smallest absolute Gasteiger partial charge is 0.0945 e. The first-order valence-corrected chi connectivity index (χ1v) is 6.95. The largest absolute Gasteiger partial charge is 0.337 e. The minimum Gasteiger partial charge on any atom is -0.337 e. The third kappa shape index (κ3) is 4.74. The van der Waals surface area contributed by atoms with Gasteiger partial charge in [-0.25, -0.2) is 4.98 Å². The lowest BCUT2D eigenvalue weighted by atomic mass is 10.1. The van der Waals surface area contributed by atoms with Gasteiger partial charge in [0.25, 0.3) is 0 Å². The van der Waals surface area contributed by atoms with Crippen LogP contribution in [0.4, 0.5) is 0 Å². The lowest BCUT2D eigenvalue weighted by Gasteiger charge is -2.03. The fourth-order valence-corrected chi connectivity index (χ4v) is 2.22. The van der Waals surface area contributed by atoms with E-state index in [0.717, 1.165) is 6.54 Å². The Morgan fingerprint density at radius 3 is 2.44 bits per heavy atom. The number of hydrogen-bond donors (Lipinski definition) is 0. The molecule has 0 bridgehead atoms. The Balaban J connectivity index is 1.47. The third-order valence-corrected chi connectivity index (χ3v) is 3.28. The summed E-state index contributed by atoms with van der Waals surface area (Å²) in [6.07, 6.45) is 13.6. The summed E-state index contributed by atoms with van der Waals surface area (Å²) >= 11 is 0. The second kappa shape index (κ2) is 7.70. The number of aryl methyl sites for hydroxylation is 2. The van der Waals surface area contributed by atoms with Crippen molar-refractivity contribution in [2.24, 2.45) is 0 Å². The van der Waals surface area contributed by atoms with Crippen molar-refractivity contribution in [2.75, 3.05) is 0 Å². The highest BCUT2D eigenvalue weighted by molar-refractivity contribution is 5.14. The van der Waals surface area contributed by atoms with Gasteiger partial charge >= 0.3 is 0 Å². The lowest BCUT2D eigenvalue weighted by molar-refractivity contribution is 0.560. The Kier molecular flexibility index (Phi) is 5.51. The number of benzene rings is 1. The van der Waals surface area contributed by atoms with Gasteiger partial charge in [0.05, 0.1) is 6.33 Å². The molecule has 2 heteroatoms. The molecule has 2 nitrogen and oxygen atoms in total. The molecule has 0 aliphatic carbocycles. The van der Waals surface area contributed by atoms with E-state index < -0.39 is 0 Å². The maximum atomic E-state index is 4.05. The predicted octanol–water partition coefficient (Wildman–Crippen LogP) is 4.08. The zero-order valence-corrected chi connectivity index (χ0v) is 11.0. The standard InChI is InChI=1S/C16H22N2/c1(3-8-13-18-14-12-17-15-18)2-5-9-16-10-6-4-7-11-16/h4,6-7,10-12,14-15H,1-3,5,8-9,13H2. The molecule has 1 heterocycles. The predicted molar refractivity (Wildman–Crippen MR) is 75.5 cm³/mol. The molecule has 0 aliphatic heterocycles. The van der Waals surface area contributed by atoms with E-state index in [1.165, 1.54) is 44.1 Å². The van der Waals surface area contributed by atoms with E-state index in [-0.39, 0.29) is 0 Å². The Labute approximate surface area is 110 Å². The zero-order valence-electron chi connectivity index (χ0n) is 11.0. The number of imidazole rings is 1. The molecule has 2 rings (SSSR count). The molecular formula is C16H22N2. The van der Waals surface area contributed by atoms with Gasteiger partial charge in [0.2, 0.25) is 0 Å². The number of rotatable bonds is 8. The molecule has 0 saturated carbocycles. The van der Waals surface area contributed by atoms with E-state index in [4.69, 9.17) is 0 Å². The minimum absolute atomic E-state index is 1.11. The van der Waals surface area contributed by atoms with E-state index in [1.54, 1.807) is 0 Å². The Morgan fingerprint density at radius 1 is 0.889 bits per heavy atom. The van der Waals surface area contributed by atoms with Crippen molar-refractivity contribution >= 4 is 0 Å². The van der Waals surface area contributed by atoms with Crippen LogP contribution in [0.15, 0.2) is 49.1 Å². The van der Waals surface area contributed by atoms with E-state index in [2.05, 4.69) is 39.9 Å². The van der Waals surface area contributed by atoms with E-state index in [1.807, 2.05) is 18.7 Å². The zero-order chi connectivity index (χ0) is 12.5. The Morgan fingerprint density at radius 2 is 1.67 bits per heavy atom. The molecule has 0 saturated heterocycles. The van der Waals surface area contributed by atoms with Gasteiger partial charge < -0.3 is 4.57 Å². The van der Waals surface area contributed by atoms with Crippen molar-refractivity contribution < 1.29 is 0 Å². The van der Waals surface area contributed by atoms with Crippen molar-refractivity contribution in [1.82, 2.24) is 9.55 Å². The molecule has 1 aromatic heterocycles. The summed E-state index contributed by atoms with van der Waals surface area (Å²) in [5.74, 6) is 0. The van der Waals surface area contributed by atoms with Gasteiger partial charge in [-0.2, -0.15) is 0 Å². The Bertz CT molecular complexity index is 406. The molecule has 18 heavy (non-hydrogen) atoms. The van der Waals surface area contributed by atoms with Gasteiger partial charge in [-0.3, -0.25) is 0 Å². The summed E-state index contributed by atoms with van der Waals surface area (Å²) in [6.45, 7) is 1.11. The quantitative estimate of drug-likeness (QED) is 0.638. The molecule has 0 atom stereocenters. The molecule has 0 spiro atoms. The summed E-state index contributed by atoms with van der Waals surface area (Å²) in [7, 11) is 0. The second-order valence-electron chi connectivity index (χ2n) is 4.80. The average Bonchev–Trinajstić information content (AvgIpc) is 2.92. The van der Waals surface area contributed by atoms with Gasteiger partial charge in [0.1, 0.15) is 0 Å². The van der Waals surface area contributed by atoms with E-state index in [0.29, 0.717) is 0 Å². The topological polar surface area (TPSA) is 17.8 Å². The summed E-state index contributed by atoms with van der Waals surface area (Å²) in [5.41, 5.74) is 1.47. The summed E-state index contributed by atoms with van der Waals surface area (Å²) in [5, 5.41) is 0. The Hall–Kier alpha value is -1.57. The number of aromatic nitrogens is 2. The fourth-order valence-electron chi connectivity index (χ4n) is 2.22. The molecular weight excluding hydrogens is 220 g/mol. The summed E-state index contributed by atoms with van der Waals surface area (Å²) < 4.78 is 2.16. The van der Waals surface area contributed by atoms with Crippen molar-refractivity contribution in [3.63, 3.8) is 0 Å². The van der Waals surface area contributed by atoms with Crippen LogP contribution in [-0.2, 0) is 13.0 Å². The van der Waals surface area contributed by atoms with Crippen molar-refractivity contribution in [3.8, 4) is 0 Å². The maximum absolute atomic E-state index is 4.05. The number of nitrogens with zero attached hydrogens (tertiary/aromatic N) is 2. The summed E-state index contributed by atoms with van der Waals surface area (Å²) in [4.78, 5) is 4.05. The molecule has 0 amide bonds. The molecule has 0 unspecified atom stereocenters. The molecule has 0 aliphatic rings. The van der Waals surface area contributed by atoms with Crippen molar-refractivity contribution in [1.29, 1.82) is 0 Å². The van der Waals surface area contributed by atoms with Crippen LogP contribution < -0.4 is 0 Å². The van der Waals surface area contributed by atoms with Crippen LogP contribution in [0.3, 0.4) is 0 Å². The molecule has 0 fully saturated rings. The molecule has 0 N–H and O–H groups in total. The first kappa shape index (κ1) is 12.9. The highest BCUT2D eigenvalue weighted by atomic mass is 15.0. The van der Waals surface area contributed by atoms with Crippen LogP contribution >= 0.6 is 0 Å². The summed E-state index contributed by atoms with van der Waals surface area (Å²) in [6, 6.07) is 10.8. The number of hydrogen-bond acceptors (Lipinski definition) is 1. The van der Waals surface area contributed by atoms with Crippen LogP contribution in [-0.4, -0.2) is 9.55 Å². The van der Waals surface area contributed by atoms with Gasteiger partial charge in [0.15, 0.2) is 0 Å². The SMILES string of the molecule is c1ccc(CCCCCCCn2ccnc2)cc1. The molecule has 1 aromatic carbocycles. The first-order chi connectivity index (χ1) is 8.95. The van der Waals surface area contributed by atoms with E-state index >= 15 is 0 Å². The van der Waals surface area contributed by atoms with Crippen LogP contribution in [0.25, 0.3) is 0 Å². The molecule has 0 radical (unpaired) electrons. The normalized spacial score (nSPS) is 10.7. The maximum Gasteiger partial charge on any atom is 0.0945 e. The van der Waals surface area contributed by atoms with Crippen molar-refractivity contribution in [3.05, 3.63) is 54.6 Å². The second-order valence-corrected chi connectivity index (χ2v) is 4.80. The minimum atomic E-state index is 1.11. The average molecular weight is 242 g/mol. The van der Waals surface area contributed by atoms with Crippen LogP contribution in [0.2, 0.25) is 0 Å². The number of unbranched alkanes of at least 4 members (excludes halogenated alkanes) is 4. The van der Waals surface area contributed by atoms with Crippen LogP contribution in [0.1, 0.15) is 37.7 Å². The first-order valence-electron chi connectivity index (χ1n) is 6.95. The third-order valence-electron chi connectivity index (χ3n) is 3.28. The highest BCUT2D eigenvalue weighted by Gasteiger charge is 1.94. The van der Waals surface area contributed by atoms with Gasteiger partial charge in [-0.05, 0) is 24.8 Å². The monoisotopic (exact) mass is 242 g/mol. The van der Waals surface area contributed by atoms with Gasteiger partial charge in [0, 0.05) is 18.9 Å². The van der Waals surface area contributed by atoms with Gasteiger partial charge in [-0.15, -0.1) is 0 Å². The fraction of sp³-hybridized carbons (Fsp3) is 0.438. The van der Waals surface area contributed by atoms with E-state index in [9.17, 15) is 0 Å². The van der Waals surface area contributed by atoms with Crippen LogP contribution in [0.5, 0.6) is 0 Å². The lowest BCUT2D eigenvalue weighted by Crippen LogP contribution is -1.94. The van der Waals surface area contributed by atoms with Crippen LogP contribution in [0, 0.1) is 0 Å².